The Labute approximate surface area is 389 Å². The number of aromatic nitrogens is 4. The Kier molecular flexibility index (Phi) is 19.3. The van der Waals surface area contributed by atoms with Crippen LogP contribution < -0.4 is 15.0 Å². The number of nitrogen functional groups attached to an aromatic ring is 1. The highest BCUT2D eigenvalue weighted by molar-refractivity contribution is 7.48. The second kappa shape index (κ2) is 24.8. The van der Waals surface area contributed by atoms with Gasteiger partial charge in [0, 0.05) is 18.9 Å². The lowest BCUT2D eigenvalue weighted by Crippen LogP contribution is -2.39. The number of unbranched alkanes of at least 4 members (excludes halogenated alkanes) is 15. The van der Waals surface area contributed by atoms with Crippen LogP contribution in [0.3, 0.4) is 0 Å². The highest BCUT2D eigenvalue weighted by Crippen LogP contribution is 2.54. The molecule has 2 aliphatic heterocycles. The van der Waals surface area contributed by atoms with Crippen LogP contribution in [0.5, 0.6) is 11.5 Å². The number of rotatable bonds is 30. The number of nitrogens with two attached hydrogens (primary N) is 1. The molecule has 356 valence electrons. The molecule has 0 aliphatic carbocycles. The lowest BCUT2D eigenvalue weighted by molar-refractivity contribution is -0.212. The van der Waals surface area contributed by atoms with Gasteiger partial charge in [0.05, 0.1) is 42.3 Å². The van der Waals surface area contributed by atoms with E-state index in [1.807, 2.05) is 32.9 Å². The van der Waals surface area contributed by atoms with Gasteiger partial charge in [-0.1, -0.05) is 127 Å². The van der Waals surface area contributed by atoms with Crippen molar-refractivity contribution in [3.63, 3.8) is 0 Å². The largest absolute Gasteiger partial charge is 0.530 e. The average Bonchev–Trinajstić information content (AvgIpc) is 3.96. The molecule has 0 radical (unpaired) electrons. The van der Waals surface area contributed by atoms with Gasteiger partial charge in [-0.15, -0.1) is 0 Å². The van der Waals surface area contributed by atoms with E-state index in [4.69, 9.17) is 54.6 Å². The summed E-state index contributed by atoms with van der Waals surface area (Å²) in [7, 11) is -4.50. The molecule has 2 aliphatic rings. The minimum absolute atomic E-state index is 0.0919. The number of ether oxygens (including phenoxy) is 5. The Morgan fingerprint density at radius 1 is 0.877 bits per heavy atom. The molecule has 65 heavy (non-hydrogen) atoms. The van der Waals surface area contributed by atoms with Crippen molar-refractivity contribution < 1.29 is 41.8 Å². The third kappa shape index (κ3) is 14.6. The van der Waals surface area contributed by atoms with Crippen molar-refractivity contribution >= 4 is 30.8 Å². The van der Waals surface area contributed by atoms with Gasteiger partial charge in [0.1, 0.15) is 59.4 Å². The Balaban J connectivity index is 1.04. The Morgan fingerprint density at radius 3 is 2.23 bits per heavy atom. The van der Waals surface area contributed by atoms with Crippen molar-refractivity contribution in [1.29, 1.82) is 5.26 Å². The molecule has 0 amide bonds. The minimum atomic E-state index is -4.50. The number of nitrogens with zero attached hydrogens (tertiary/aromatic N) is 5. The van der Waals surface area contributed by atoms with Crippen molar-refractivity contribution in [2.24, 2.45) is 0 Å². The number of anilines is 1. The van der Waals surface area contributed by atoms with E-state index in [1.165, 1.54) is 102 Å². The number of nitriles is 1. The first kappa shape index (κ1) is 50.6. The number of hydrogen-bond donors (Lipinski definition) is 1. The highest BCUT2D eigenvalue weighted by atomic mass is 35.5. The first-order valence-corrected chi connectivity index (χ1v) is 25.3. The maximum absolute atomic E-state index is 14.8. The summed E-state index contributed by atoms with van der Waals surface area (Å²) in [4.78, 5) is 8.25. The SMILES string of the molecule is CCCCCCCCCCCCCCCCCCOC[C@H](COP(=O)(OC[C@H]1O[C@@](C)(c2ccc3c(N)ncnn23)[C@@H]2OC(C)(C)O[C@@H]21)Oc1ccccc1Cl)Oc1cncc(C#N)c1. The number of phosphoric acid groups is 1. The van der Waals surface area contributed by atoms with Gasteiger partial charge in [-0.3, -0.25) is 14.0 Å². The fourth-order valence-corrected chi connectivity index (χ4v) is 9.97. The summed E-state index contributed by atoms with van der Waals surface area (Å²) >= 11 is 6.48. The molecule has 0 spiro atoms. The highest BCUT2D eigenvalue weighted by Gasteiger charge is 2.62. The monoisotopic (exact) mass is 938 g/mol. The predicted molar refractivity (Wildman–Crippen MR) is 249 cm³/mol. The number of fused-ring (bicyclic) bond motifs is 2. The van der Waals surface area contributed by atoms with Crippen LogP contribution in [0.4, 0.5) is 5.82 Å². The number of hydrogen-bond acceptors (Lipinski definition) is 14. The molecule has 15 nitrogen and oxygen atoms in total. The smallest absolute Gasteiger partial charge is 0.484 e. The van der Waals surface area contributed by atoms with Gasteiger partial charge in [-0.25, -0.2) is 14.1 Å². The van der Waals surface area contributed by atoms with Gasteiger partial charge in [-0.2, -0.15) is 10.4 Å². The predicted octanol–water partition coefficient (Wildman–Crippen LogP) is 11.3. The topological polar surface area (TPSA) is 184 Å². The zero-order chi connectivity index (χ0) is 46.1. The van der Waals surface area contributed by atoms with Crippen LogP contribution in [0.2, 0.25) is 5.02 Å². The summed E-state index contributed by atoms with van der Waals surface area (Å²) in [5, 5.41) is 14.1. The van der Waals surface area contributed by atoms with E-state index in [0.29, 0.717) is 34.9 Å². The summed E-state index contributed by atoms with van der Waals surface area (Å²) in [5.41, 5.74) is 6.64. The number of halogens is 1. The van der Waals surface area contributed by atoms with Crippen LogP contribution in [0.15, 0.2) is 61.2 Å². The maximum Gasteiger partial charge on any atom is 0.530 e. The van der Waals surface area contributed by atoms with Crippen molar-refractivity contribution in [2.45, 2.75) is 166 Å². The van der Waals surface area contributed by atoms with Gasteiger partial charge in [-0.05, 0) is 51.5 Å². The number of para-hydroxylation sites is 1. The van der Waals surface area contributed by atoms with Crippen LogP contribution >= 0.6 is 19.4 Å². The van der Waals surface area contributed by atoms with Crippen LogP contribution in [-0.2, 0) is 38.2 Å². The van der Waals surface area contributed by atoms with Crippen molar-refractivity contribution in [1.82, 2.24) is 19.6 Å². The summed E-state index contributed by atoms with van der Waals surface area (Å²) in [6.07, 6.45) is 22.0. The average molecular weight is 940 g/mol. The fourth-order valence-electron chi connectivity index (χ4n) is 8.49. The van der Waals surface area contributed by atoms with Crippen LogP contribution in [0, 0.1) is 11.3 Å². The molecule has 4 aromatic rings. The molecule has 3 aromatic heterocycles. The molecule has 2 fully saturated rings. The second-order valence-electron chi connectivity index (χ2n) is 17.6. The molecule has 0 bridgehead atoms. The Morgan fingerprint density at radius 2 is 1.55 bits per heavy atom. The normalized spacial score (nSPS) is 21.5. The van der Waals surface area contributed by atoms with E-state index in [2.05, 4.69) is 28.1 Å². The molecule has 17 heteroatoms. The minimum Gasteiger partial charge on any atom is -0.484 e. The molecular formula is C48H68ClN6O9P. The Bertz CT molecular complexity index is 2170. The molecule has 1 aromatic carbocycles. The quantitative estimate of drug-likeness (QED) is 0.0385. The molecule has 6 atom stereocenters. The molecule has 1 unspecified atom stereocenters. The molecule has 6 rings (SSSR count). The third-order valence-corrected chi connectivity index (χ3v) is 13.5. The van der Waals surface area contributed by atoms with Crippen LogP contribution in [0.1, 0.15) is 142 Å². The van der Waals surface area contributed by atoms with E-state index in [1.54, 1.807) is 34.8 Å². The summed E-state index contributed by atoms with van der Waals surface area (Å²) in [6.45, 7) is 7.82. The third-order valence-electron chi connectivity index (χ3n) is 11.9. The standard InChI is InChI=1S/C48H68ClN6O9P/c1-5-6-7-8-9-10-11-12-13-14-15-16-17-18-19-22-27-57-32-38(60-37-28-36(29-50)30-52-31-37)33-58-65(56,64-41-24-21-20-23-39(41)49)59-34-42-44-45(63-47(2,3)62-44)48(4,61-42)43-26-25-40-46(51)53-35-54-55(40)43/h20-21,23-26,28,30-31,35,38,42,44-45H,5-19,22,27,32-34H2,1-4H3,(H2,51,53,54)/t38-,42-,44-,45-,48+,65?/m1/s1. The van der Waals surface area contributed by atoms with E-state index < -0.39 is 43.6 Å². The van der Waals surface area contributed by atoms with E-state index >= 15 is 0 Å². The lowest BCUT2D eigenvalue weighted by Gasteiger charge is -2.31. The van der Waals surface area contributed by atoms with E-state index in [-0.39, 0.29) is 30.6 Å². The van der Waals surface area contributed by atoms with Gasteiger partial charge in [0.2, 0.25) is 0 Å². The summed E-state index contributed by atoms with van der Waals surface area (Å²) in [6, 6.07) is 13.9. The fraction of sp³-hybridized carbons (Fsp3) is 0.625. The van der Waals surface area contributed by atoms with Crippen LogP contribution in [-0.4, -0.2) is 76.2 Å². The number of pyridine rings is 1. The van der Waals surface area contributed by atoms with Gasteiger partial charge >= 0.3 is 7.82 Å². The number of benzene rings is 1. The van der Waals surface area contributed by atoms with Crippen molar-refractivity contribution in [3.05, 3.63) is 77.5 Å². The molecular weight excluding hydrogens is 871 g/mol. The van der Waals surface area contributed by atoms with Gasteiger partial charge in [0.25, 0.3) is 0 Å². The Hall–Kier alpha value is -3.84. The molecule has 2 saturated heterocycles. The first-order chi connectivity index (χ1) is 31.4. The lowest BCUT2D eigenvalue weighted by atomic mass is 9.93. The zero-order valence-electron chi connectivity index (χ0n) is 38.5. The van der Waals surface area contributed by atoms with Crippen LogP contribution in [0.25, 0.3) is 5.52 Å². The van der Waals surface area contributed by atoms with Crippen molar-refractivity contribution in [2.75, 3.05) is 32.2 Å². The van der Waals surface area contributed by atoms with Crippen molar-refractivity contribution in [3.8, 4) is 17.6 Å². The first-order valence-electron chi connectivity index (χ1n) is 23.5. The van der Waals surface area contributed by atoms with Gasteiger partial charge < -0.3 is 33.9 Å². The summed E-state index contributed by atoms with van der Waals surface area (Å²) in [5.74, 6) is -0.247. The number of phosphoric ester groups is 1. The maximum atomic E-state index is 14.8. The zero-order valence-corrected chi connectivity index (χ0v) is 40.2. The van der Waals surface area contributed by atoms with Gasteiger partial charge in [0.15, 0.2) is 11.6 Å². The molecule has 2 N–H and O–H groups in total. The second-order valence-corrected chi connectivity index (χ2v) is 19.6. The summed E-state index contributed by atoms with van der Waals surface area (Å²) < 4.78 is 66.5. The van der Waals surface area contributed by atoms with E-state index in [9.17, 15) is 9.83 Å². The molecule has 0 saturated carbocycles. The van der Waals surface area contributed by atoms with E-state index in [0.717, 1.165) is 19.3 Å². The molecule has 5 heterocycles.